The molecular formula is C14H22N2O2. The highest BCUT2D eigenvalue weighted by Gasteiger charge is 2.22. The zero-order valence-corrected chi connectivity index (χ0v) is 11.5. The minimum Gasteiger partial charge on any atom is -0.489 e. The summed E-state index contributed by atoms with van der Waals surface area (Å²) in [5, 5.41) is 2.77. The van der Waals surface area contributed by atoms with E-state index in [0.717, 1.165) is 11.3 Å². The number of ether oxygens (including phenoxy) is 1. The molecule has 1 unspecified atom stereocenters. The average Bonchev–Trinajstić information content (AvgIpc) is 2.27. The largest absolute Gasteiger partial charge is 0.489 e. The smallest absolute Gasteiger partial charge is 0.239 e. The van der Waals surface area contributed by atoms with Crippen LogP contribution in [-0.2, 0) is 4.79 Å². The second kappa shape index (κ2) is 5.87. The lowest BCUT2D eigenvalue weighted by molar-refractivity contribution is -0.125. The lowest BCUT2D eigenvalue weighted by atomic mass is 10.1. The van der Waals surface area contributed by atoms with Gasteiger partial charge in [-0.3, -0.25) is 4.79 Å². The van der Waals surface area contributed by atoms with E-state index < -0.39 is 5.54 Å². The van der Waals surface area contributed by atoms with Gasteiger partial charge in [-0.1, -0.05) is 18.2 Å². The number of benzene rings is 1. The Kier molecular flexibility index (Phi) is 4.73. The predicted molar refractivity (Wildman–Crippen MR) is 72.5 cm³/mol. The first-order valence-electron chi connectivity index (χ1n) is 6.10. The second-order valence-corrected chi connectivity index (χ2v) is 5.13. The van der Waals surface area contributed by atoms with Gasteiger partial charge in [0.1, 0.15) is 11.9 Å². The normalized spacial score (nSPS) is 12.9. The van der Waals surface area contributed by atoms with Crippen LogP contribution in [0.3, 0.4) is 0 Å². The van der Waals surface area contributed by atoms with Crippen LogP contribution in [0.2, 0.25) is 0 Å². The molecule has 4 heteroatoms. The molecule has 0 aliphatic carbocycles. The van der Waals surface area contributed by atoms with Crippen molar-refractivity contribution < 1.29 is 9.53 Å². The van der Waals surface area contributed by atoms with E-state index in [1.54, 1.807) is 13.8 Å². The average molecular weight is 250 g/mol. The van der Waals surface area contributed by atoms with Crippen molar-refractivity contribution in [3.05, 3.63) is 29.8 Å². The van der Waals surface area contributed by atoms with Crippen molar-refractivity contribution in [2.75, 3.05) is 6.54 Å². The highest BCUT2D eigenvalue weighted by Crippen LogP contribution is 2.17. The standard InChI is InChI=1S/C14H22N2O2/c1-10-7-5-6-8-12(10)18-11(2)9-16-13(17)14(3,4)15/h5-8,11H,9,15H2,1-4H3,(H,16,17). The number of para-hydroxylation sites is 1. The van der Waals surface area contributed by atoms with E-state index in [9.17, 15) is 4.79 Å². The van der Waals surface area contributed by atoms with Gasteiger partial charge < -0.3 is 15.8 Å². The number of nitrogens with two attached hydrogens (primary N) is 1. The fourth-order valence-corrected chi connectivity index (χ4v) is 1.41. The first-order chi connectivity index (χ1) is 8.30. The van der Waals surface area contributed by atoms with Crippen LogP contribution in [0.5, 0.6) is 5.75 Å². The maximum atomic E-state index is 11.6. The molecule has 0 aliphatic heterocycles. The molecule has 0 spiro atoms. The third kappa shape index (κ3) is 4.37. The number of carbonyl (C=O) groups excluding carboxylic acids is 1. The number of hydrogen-bond donors (Lipinski definition) is 2. The summed E-state index contributed by atoms with van der Waals surface area (Å²) in [7, 11) is 0. The first kappa shape index (κ1) is 14.5. The Bertz CT molecular complexity index is 411. The van der Waals surface area contributed by atoms with Gasteiger partial charge >= 0.3 is 0 Å². The molecule has 0 bridgehead atoms. The Morgan fingerprint density at radius 2 is 2.06 bits per heavy atom. The molecule has 1 aromatic carbocycles. The van der Waals surface area contributed by atoms with Crippen molar-refractivity contribution in [2.24, 2.45) is 5.73 Å². The summed E-state index contributed by atoms with van der Waals surface area (Å²) in [5.74, 6) is 0.661. The summed E-state index contributed by atoms with van der Waals surface area (Å²) >= 11 is 0. The van der Waals surface area contributed by atoms with Crippen LogP contribution < -0.4 is 15.8 Å². The molecule has 0 aromatic heterocycles. The van der Waals surface area contributed by atoms with E-state index in [4.69, 9.17) is 10.5 Å². The molecule has 0 fully saturated rings. The molecule has 0 aliphatic rings. The van der Waals surface area contributed by atoms with Gasteiger partial charge in [0, 0.05) is 0 Å². The minimum atomic E-state index is -0.859. The molecule has 4 nitrogen and oxygen atoms in total. The first-order valence-corrected chi connectivity index (χ1v) is 6.10. The lowest BCUT2D eigenvalue weighted by Crippen LogP contribution is -2.50. The SMILES string of the molecule is Cc1ccccc1OC(C)CNC(=O)C(C)(C)N. The van der Waals surface area contributed by atoms with Crippen LogP contribution >= 0.6 is 0 Å². The highest BCUT2D eigenvalue weighted by atomic mass is 16.5. The van der Waals surface area contributed by atoms with Crippen molar-refractivity contribution in [3.63, 3.8) is 0 Å². The van der Waals surface area contributed by atoms with Crippen LogP contribution in [0, 0.1) is 6.92 Å². The van der Waals surface area contributed by atoms with E-state index in [1.165, 1.54) is 0 Å². The number of amides is 1. The van der Waals surface area contributed by atoms with Crippen molar-refractivity contribution in [1.82, 2.24) is 5.32 Å². The monoisotopic (exact) mass is 250 g/mol. The van der Waals surface area contributed by atoms with E-state index in [-0.39, 0.29) is 12.0 Å². The molecule has 100 valence electrons. The van der Waals surface area contributed by atoms with Crippen LogP contribution in [-0.4, -0.2) is 24.1 Å². The Morgan fingerprint density at radius 1 is 1.44 bits per heavy atom. The van der Waals surface area contributed by atoms with Gasteiger partial charge in [0.05, 0.1) is 12.1 Å². The van der Waals surface area contributed by atoms with Crippen molar-refractivity contribution in [2.45, 2.75) is 39.3 Å². The Hall–Kier alpha value is -1.55. The van der Waals surface area contributed by atoms with Gasteiger partial charge in [-0.2, -0.15) is 0 Å². The third-order valence-corrected chi connectivity index (χ3v) is 2.56. The van der Waals surface area contributed by atoms with Gasteiger partial charge in [-0.15, -0.1) is 0 Å². The molecule has 1 rings (SSSR count). The van der Waals surface area contributed by atoms with Crippen molar-refractivity contribution >= 4 is 5.91 Å². The maximum Gasteiger partial charge on any atom is 0.239 e. The molecule has 0 saturated heterocycles. The molecule has 1 aromatic rings. The quantitative estimate of drug-likeness (QED) is 0.834. The molecular weight excluding hydrogens is 228 g/mol. The van der Waals surface area contributed by atoms with Crippen molar-refractivity contribution in [3.8, 4) is 5.75 Å². The fourth-order valence-electron chi connectivity index (χ4n) is 1.41. The van der Waals surface area contributed by atoms with E-state index in [1.807, 2.05) is 38.1 Å². The Morgan fingerprint density at radius 3 is 2.61 bits per heavy atom. The van der Waals surface area contributed by atoms with Crippen LogP contribution in [0.4, 0.5) is 0 Å². The summed E-state index contributed by atoms with van der Waals surface area (Å²) in [6.45, 7) is 7.69. The van der Waals surface area contributed by atoms with Crippen LogP contribution in [0.15, 0.2) is 24.3 Å². The number of aryl methyl sites for hydroxylation is 1. The number of carbonyl (C=O) groups is 1. The summed E-state index contributed by atoms with van der Waals surface area (Å²) in [6.07, 6.45) is -0.0996. The maximum absolute atomic E-state index is 11.6. The lowest BCUT2D eigenvalue weighted by Gasteiger charge is -2.21. The zero-order chi connectivity index (χ0) is 13.8. The highest BCUT2D eigenvalue weighted by molar-refractivity contribution is 5.85. The van der Waals surface area contributed by atoms with Gasteiger partial charge in [0.25, 0.3) is 0 Å². The molecule has 3 N–H and O–H groups in total. The van der Waals surface area contributed by atoms with Gasteiger partial charge in [0.15, 0.2) is 0 Å². The molecule has 18 heavy (non-hydrogen) atoms. The summed E-state index contributed by atoms with van der Waals surface area (Å²) in [5.41, 5.74) is 5.91. The van der Waals surface area contributed by atoms with Crippen molar-refractivity contribution in [1.29, 1.82) is 0 Å². The van der Waals surface area contributed by atoms with Gasteiger partial charge in [-0.05, 0) is 39.3 Å². The van der Waals surface area contributed by atoms with E-state index in [0.29, 0.717) is 6.54 Å². The van der Waals surface area contributed by atoms with Crippen LogP contribution in [0.1, 0.15) is 26.3 Å². The number of hydrogen-bond acceptors (Lipinski definition) is 3. The molecule has 0 heterocycles. The second-order valence-electron chi connectivity index (χ2n) is 5.13. The van der Waals surface area contributed by atoms with Crippen LogP contribution in [0.25, 0.3) is 0 Å². The molecule has 1 atom stereocenters. The Labute approximate surface area is 109 Å². The molecule has 0 saturated carbocycles. The van der Waals surface area contributed by atoms with Gasteiger partial charge in [-0.25, -0.2) is 0 Å². The fraction of sp³-hybridized carbons (Fsp3) is 0.500. The molecule has 1 amide bonds. The number of nitrogens with one attached hydrogen (secondary N) is 1. The molecule has 0 radical (unpaired) electrons. The van der Waals surface area contributed by atoms with E-state index in [2.05, 4.69) is 5.32 Å². The topological polar surface area (TPSA) is 64.3 Å². The summed E-state index contributed by atoms with van der Waals surface area (Å²) < 4.78 is 5.75. The summed E-state index contributed by atoms with van der Waals surface area (Å²) in [4.78, 5) is 11.6. The predicted octanol–water partition coefficient (Wildman–Crippen LogP) is 1.62. The van der Waals surface area contributed by atoms with Gasteiger partial charge in [0.2, 0.25) is 5.91 Å². The Balaban J connectivity index is 2.46. The zero-order valence-electron chi connectivity index (χ0n) is 11.5. The summed E-state index contributed by atoms with van der Waals surface area (Å²) in [6, 6.07) is 7.80. The number of rotatable bonds is 5. The minimum absolute atomic E-state index is 0.0996. The third-order valence-electron chi connectivity index (χ3n) is 2.56. The van der Waals surface area contributed by atoms with E-state index >= 15 is 0 Å².